The lowest BCUT2D eigenvalue weighted by molar-refractivity contribution is -0.139. The Balaban J connectivity index is 1.17. The number of rotatable bonds is 9. The Labute approximate surface area is 230 Å². The Morgan fingerprint density at radius 1 is 1.10 bits per heavy atom. The van der Waals surface area contributed by atoms with E-state index in [0.29, 0.717) is 28.9 Å². The number of nitrogens with zero attached hydrogens (tertiary/aromatic N) is 1. The summed E-state index contributed by atoms with van der Waals surface area (Å²) in [7, 11) is -1.57. The third-order valence-electron chi connectivity index (χ3n) is 7.45. The van der Waals surface area contributed by atoms with E-state index in [-0.39, 0.29) is 41.8 Å². The van der Waals surface area contributed by atoms with E-state index >= 15 is 0 Å². The van der Waals surface area contributed by atoms with E-state index in [1.807, 2.05) is 37.3 Å². The average molecular weight is 547 g/mol. The molecule has 1 saturated carbocycles. The number of thiophene rings is 1. The normalized spacial score (nSPS) is 22.0. The number of fused-ring (bicyclic) bond motifs is 1. The summed E-state index contributed by atoms with van der Waals surface area (Å²) in [6.07, 6.45) is 1.39. The quantitative estimate of drug-likeness (QED) is 0.304. The highest BCUT2D eigenvalue weighted by Gasteiger charge is 2.64. The molecule has 4 atom stereocenters. The molecule has 2 aliphatic rings. The molecule has 2 aromatic carbocycles. The van der Waals surface area contributed by atoms with Crippen molar-refractivity contribution in [2.24, 2.45) is 5.41 Å². The standard InChI is InChI=1S/C28H30BN3O6S/c1-17(23-12-19(16-39-23)29(36)37)31-27(35)22-13-28(2)14-24(28)32(22)25(33)15-30-26(34)18-8-10-21(11-9-18)38-20-6-4-3-5-7-20/h3-12,16-17,22,24,36-37H,13-15H2,1-2H3,(H,30,34)(H,31,35)/t17?,22-,24-,28+/m0/s1. The highest BCUT2D eigenvalue weighted by atomic mass is 32.1. The van der Waals surface area contributed by atoms with Gasteiger partial charge in [-0.05, 0) is 78.5 Å². The fourth-order valence-electron chi connectivity index (χ4n) is 5.12. The lowest BCUT2D eigenvalue weighted by Crippen LogP contribution is -2.51. The first-order chi connectivity index (χ1) is 18.6. The Morgan fingerprint density at radius 3 is 2.46 bits per heavy atom. The molecule has 0 bridgehead atoms. The Kier molecular flexibility index (Phi) is 7.48. The average Bonchev–Trinajstić information content (AvgIpc) is 3.25. The van der Waals surface area contributed by atoms with Gasteiger partial charge in [0, 0.05) is 16.5 Å². The molecule has 1 saturated heterocycles. The minimum absolute atomic E-state index is 0.0275. The lowest BCUT2D eigenvalue weighted by Gasteiger charge is -2.28. The second-order valence-corrected chi connectivity index (χ2v) is 11.3. The molecule has 1 aliphatic carbocycles. The molecule has 2 fully saturated rings. The van der Waals surface area contributed by atoms with Gasteiger partial charge in [-0.15, -0.1) is 11.3 Å². The van der Waals surface area contributed by atoms with Crippen molar-refractivity contribution in [1.29, 1.82) is 0 Å². The third kappa shape index (κ3) is 5.85. The van der Waals surface area contributed by atoms with E-state index in [2.05, 4.69) is 17.6 Å². The molecule has 9 nitrogen and oxygen atoms in total. The van der Waals surface area contributed by atoms with Gasteiger partial charge in [-0.2, -0.15) is 0 Å². The summed E-state index contributed by atoms with van der Waals surface area (Å²) in [4.78, 5) is 41.6. The van der Waals surface area contributed by atoms with Gasteiger partial charge < -0.3 is 30.3 Å². The Bertz CT molecular complexity index is 1370. The fourth-order valence-corrected chi connectivity index (χ4v) is 6.05. The summed E-state index contributed by atoms with van der Waals surface area (Å²) in [5.74, 6) is 0.335. The summed E-state index contributed by atoms with van der Waals surface area (Å²) < 4.78 is 5.75. The molecular formula is C28H30BN3O6S. The van der Waals surface area contributed by atoms with E-state index in [4.69, 9.17) is 4.74 Å². The van der Waals surface area contributed by atoms with Crippen molar-refractivity contribution in [3.8, 4) is 11.5 Å². The zero-order chi connectivity index (χ0) is 27.7. The van der Waals surface area contributed by atoms with Gasteiger partial charge in [0.2, 0.25) is 11.8 Å². The van der Waals surface area contributed by atoms with Gasteiger partial charge >= 0.3 is 7.12 Å². The molecule has 11 heteroatoms. The van der Waals surface area contributed by atoms with E-state index in [1.165, 1.54) is 11.3 Å². The van der Waals surface area contributed by atoms with Gasteiger partial charge in [0.25, 0.3) is 5.91 Å². The first-order valence-corrected chi connectivity index (χ1v) is 13.7. The number of hydrogen-bond donors (Lipinski definition) is 4. The lowest BCUT2D eigenvalue weighted by atomic mass is 9.82. The third-order valence-corrected chi connectivity index (χ3v) is 8.58. The second kappa shape index (κ2) is 10.8. The second-order valence-electron chi connectivity index (χ2n) is 10.4. The highest BCUT2D eigenvalue weighted by Crippen LogP contribution is 2.59. The number of carbonyl (C=O) groups is 3. The maximum absolute atomic E-state index is 13.2. The maximum Gasteiger partial charge on any atom is 0.489 e. The van der Waals surface area contributed by atoms with E-state index < -0.39 is 13.2 Å². The van der Waals surface area contributed by atoms with Crippen LogP contribution in [0.25, 0.3) is 0 Å². The summed E-state index contributed by atoms with van der Waals surface area (Å²) in [5, 5.41) is 26.0. The smallest absolute Gasteiger partial charge is 0.457 e. The zero-order valence-electron chi connectivity index (χ0n) is 21.7. The molecule has 5 rings (SSSR count). The predicted molar refractivity (Wildman–Crippen MR) is 148 cm³/mol. The molecule has 4 N–H and O–H groups in total. The van der Waals surface area contributed by atoms with E-state index in [1.54, 1.807) is 40.6 Å². The Hall–Kier alpha value is -3.67. The van der Waals surface area contributed by atoms with Gasteiger partial charge in [0.15, 0.2) is 0 Å². The van der Waals surface area contributed by atoms with Crippen LogP contribution in [0.3, 0.4) is 0 Å². The minimum Gasteiger partial charge on any atom is -0.457 e. The predicted octanol–water partition coefficient (Wildman–Crippen LogP) is 2.21. The van der Waals surface area contributed by atoms with Gasteiger partial charge in [-0.25, -0.2) is 0 Å². The van der Waals surface area contributed by atoms with Crippen LogP contribution in [0.15, 0.2) is 66.0 Å². The first kappa shape index (κ1) is 26.9. The molecule has 1 unspecified atom stereocenters. The fraction of sp³-hybridized carbons (Fsp3) is 0.321. The number of ether oxygens (including phenoxy) is 1. The zero-order valence-corrected chi connectivity index (χ0v) is 22.5. The number of benzene rings is 2. The number of likely N-dealkylation sites (tertiary alicyclic amines) is 1. The van der Waals surface area contributed by atoms with Crippen LogP contribution >= 0.6 is 11.3 Å². The monoisotopic (exact) mass is 547 g/mol. The molecule has 1 aromatic heterocycles. The van der Waals surface area contributed by atoms with Crippen molar-refractivity contribution in [1.82, 2.24) is 15.5 Å². The molecule has 1 aliphatic heterocycles. The molecule has 202 valence electrons. The molecule has 39 heavy (non-hydrogen) atoms. The molecule has 0 radical (unpaired) electrons. The number of carbonyl (C=O) groups excluding carboxylic acids is 3. The molecular weight excluding hydrogens is 517 g/mol. The Morgan fingerprint density at radius 2 is 1.79 bits per heavy atom. The van der Waals surface area contributed by atoms with Crippen molar-refractivity contribution >= 4 is 41.6 Å². The number of amides is 3. The van der Waals surface area contributed by atoms with Gasteiger partial charge in [-0.1, -0.05) is 25.1 Å². The largest absolute Gasteiger partial charge is 0.489 e. The van der Waals surface area contributed by atoms with Crippen LogP contribution in [0.1, 0.15) is 48.0 Å². The van der Waals surface area contributed by atoms with Crippen molar-refractivity contribution in [2.75, 3.05) is 6.54 Å². The van der Waals surface area contributed by atoms with Crippen molar-refractivity contribution in [3.63, 3.8) is 0 Å². The van der Waals surface area contributed by atoms with Crippen LogP contribution in [0, 0.1) is 5.41 Å². The van der Waals surface area contributed by atoms with Crippen LogP contribution < -0.4 is 20.8 Å². The van der Waals surface area contributed by atoms with Gasteiger partial charge in [0.1, 0.15) is 17.5 Å². The van der Waals surface area contributed by atoms with Crippen molar-refractivity contribution < 1.29 is 29.2 Å². The molecule has 2 heterocycles. The minimum atomic E-state index is -1.57. The van der Waals surface area contributed by atoms with E-state index in [9.17, 15) is 24.4 Å². The highest BCUT2D eigenvalue weighted by molar-refractivity contribution is 7.11. The molecule has 0 spiro atoms. The van der Waals surface area contributed by atoms with Crippen LogP contribution in [-0.4, -0.2) is 58.4 Å². The SMILES string of the molecule is CC(NC(=O)[C@@H]1C[C@]2(C)C[C@@H]2N1C(=O)CNC(=O)c1ccc(Oc2ccccc2)cc1)c1cc(B(O)O)cs1. The van der Waals surface area contributed by atoms with Crippen LogP contribution in [-0.2, 0) is 9.59 Å². The number of para-hydroxylation sites is 1. The van der Waals surface area contributed by atoms with Crippen LogP contribution in [0.2, 0.25) is 0 Å². The summed E-state index contributed by atoms with van der Waals surface area (Å²) >= 11 is 1.33. The molecule has 3 aromatic rings. The summed E-state index contributed by atoms with van der Waals surface area (Å²) in [6, 6.07) is 16.6. The van der Waals surface area contributed by atoms with Crippen molar-refractivity contribution in [3.05, 3.63) is 76.5 Å². The summed E-state index contributed by atoms with van der Waals surface area (Å²) in [5.41, 5.74) is 0.667. The maximum atomic E-state index is 13.2. The number of hydrogen-bond acceptors (Lipinski definition) is 7. The molecule has 3 amide bonds. The topological polar surface area (TPSA) is 128 Å². The number of nitrogens with one attached hydrogen (secondary N) is 2. The van der Waals surface area contributed by atoms with Gasteiger partial charge in [0.05, 0.1) is 12.6 Å². The van der Waals surface area contributed by atoms with Crippen LogP contribution in [0.5, 0.6) is 11.5 Å². The summed E-state index contributed by atoms with van der Waals surface area (Å²) in [6.45, 7) is 3.67. The van der Waals surface area contributed by atoms with Crippen molar-refractivity contribution in [2.45, 2.75) is 44.8 Å². The van der Waals surface area contributed by atoms with E-state index in [0.717, 1.165) is 11.3 Å². The van der Waals surface area contributed by atoms with Crippen LogP contribution in [0.4, 0.5) is 0 Å². The first-order valence-electron chi connectivity index (χ1n) is 12.8. The van der Waals surface area contributed by atoms with Gasteiger partial charge in [-0.3, -0.25) is 14.4 Å². The number of piperidine rings is 1.